The Morgan fingerprint density at radius 1 is 1.76 bits per heavy atom. The van der Waals surface area contributed by atoms with Crippen molar-refractivity contribution in [2.24, 2.45) is 5.84 Å². The van der Waals surface area contributed by atoms with Crippen LogP contribution in [0.5, 0.6) is 0 Å². The molecule has 1 aromatic heterocycles. The summed E-state index contributed by atoms with van der Waals surface area (Å²) in [7, 11) is 0. The highest BCUT2D eigenvalue weighted by Crippen LogP contribution is 2.19. The van der Waals surface area contributed by atoms with E-state index in [9.17, 15) is 9.90 Å². The molecule has 0 radical (unpaired) electrons. The maximum absolute atomic E-state index is 11.3. The van der Waals surface area contributed by atoms with Crippen molar-refractivity contribution in [3.05, 3.63) is 23.2 Å². The van der Waals surface area contributed by atoms with Crippen LogP contribution >= 0.6 is 0 Å². The standard InChI is InChI=1S/C11H17N3O3/c1-7-8(4-10(17-7)11(16)13-12)5-14-3-2-9(15)6-14/h4,9,15H,2-3,5-6,12H2,1H3,(H,13,16). The Morgan fingerprint density at radius 3 is 3.12 bits per heavy atom. The highest BCUT2D eigenvalue weighted by atomic mass is 16.4. The lowest BCUT2D eigenvalue weighted by Gasteiger charge is -2.13. The lowest BCUT2D eigenvalue weighted by molar-refractivity contribution is 0.0924. The number of amides is 1. The van der Waals surface area contributed by atoms with E-state index in [0.29, 0.717) is 18.8 Å². The summed E-state index contributed by atoms with van der Waals surface area (Å²) in [6.45, 7) is 4.03. The van der Waals surface area contributed by atoms with E-state index in [1.54, 1.807) is 6.07 Å². The number of furan rings is 1. The third kappa shape index (κ3) is 2.66. The summed E-state index contributed by atoms with van der Waals surface area (Å²) < 4.78 is 5.32. The number of hydrazine groups is 1. The fourth-order valence-electron chi connectivity index (χ4n) is 2.06. The maximum atomic E-state index is 11.3. The van der Waals surface area contributed by atoms with Gasteiger partial charge in [0.2, 0.25) is 0 Å². The molecular weight excluding hydrogens is 222 g/mol. The molecule has 1 fully saturated rings. The van der Waals surface area contributed by atoms with Gasteiger partial charge in [0.25, 0.3) is 0 Å². The first-order valence-corrected chi connectivity index (χ1v) is 5.61. The zero-order chi connectivity index (χ0) is 12.4. The van der Waals surface area contributed by atoms with Crippen LogP contribution in [0, 0.1) is 6.92 Å². The van der Waals surface area contributed by atoms with E-state index in [0.717, 1.165) is 18.5 Å². The summed E-state index contributed by atoms with van der Waals surface area (Å²) in [4.78, 5) is 13.4. The van der Waals surface area contributed by atoms with Gasteiger partial charge in [0.05, 0.1) is 6.10 Å². The summed E-state index contributed by atoms with van der Waals surface area (Å²) in [5, 5.41) is 9.43. The normalized spacial score (nSPS) is 20.8. The molecule has 1 aliphatic heterocycles. The highest BCUT2D eigenvalue weighted by molar-refractivity contribution is 5.91. The van der Waals surface area contributed by atoms with Crippen molar-refractivity contribution < 1.29 is 14.3 Å². The fraction of sp³-hybridized carbons (Fsp3) is 0.545. The van der Waals surface area contributed by atoms with Crippen LogP contribution < -0.4 is 11.3 Å². The minimum Gasteiger partial charge on any atom is -0.456 e. The highest BCUT2D eigenvalue weighted by Gasteiger charge is 2.22. The number of carbonyl (C=O) groups excluding carboxylic acids is 1. The SMILES string of the molecule is Cc1oc(C(=O)NN)cc1CN1CCC(O)C1. The molecule has 17 heavy (non-hydrogen) atoms. The van der Waals surface area contributed by atoms with E-state index in [1.165, 1.54) is 0 Å². The van der Waals surface area contributed by atoms with Crippen molar-refractivity contribution in [2.45, 2.75) is 26.0 Å². The summed E-state index contributed by atoms with van der Waals surface area (Å²) >= 11 is 0. The van der Waals surface area contributed by atoms with E-state index in [1.807, 2.05) is 12.3 Å². The molecule has 94 valence electrons. The predicted molar refractivity (Wildman–Crippen MR) is 61.0 cm³/mol. The molecule has 1 aromatic rings. The maximum Gasteiger partial charge on any atom is 0.300 e. The van der Waals surface area contributed by atoms with Crippen molar-refractivity contribution in [2.75, 3.05) is 13.1 Å². The van der Waals surface area contributed by atoms with Crippen molar-refractivity contribution in [1.82, 2.24) is 10.3 Å². The zero-order valence-electron chi connectivity index (χ0n) is 9.77. The number of β-amino-alcohol motifs (C(OH)–C–C–N with tert-alkyl or cyclic N) is 1. The summed E-state index contributed by atoms with van der Waals surface area (Å²) in [6.07, 6.45) is 0.557. The molecule has 2 rings (SSSR count). The second-order valence-electron chi connectivity index (χ2n) is 4.34. The summed E-state index contributed by atoms with van der Waals surface area (Å²) in [5.41, 5.74) is 2.99. The molecule has 0 bridgehead atoms. The van der Waals surface area contributed by atoms with Gasteiger partial charge in [-0.15, -0.1) is 0 Å². The first kappa shape index (κ1) is 12.1. The van der Waals surface area contributed by atoms with Crippen LogP contribution in [0.2, 0.25) is 0 Å². The average molecular weight is 239 g/mol. The summed E-state index contributed by atoms with van der Waals surface area (Å²) in [6, 6.07) is 1.70. The molecule has 2 heterocycles. The van der Waals surface area contributed by atoms with Crippen LogP contribution in [0.25, 0.3) is 0 Å². The van der Waals surface area contributed by atoms with Crippen molar-refractivity contribution in [1.29, 1.82) is 0 Å². The van der Waals surface area contributed by atoms with E-state index < -0.39 is 5.91 Å². The number of aliphatic hydroxyl groups is 1. The third-order valence-corrected chi connectivity index (χ3v) is 3.02. The van der Waals surface area contributed by atoms with Gasteiger partial charge < -0.3 is 9.52 Å². The number of nitrogens with two attached hydrogens (primary N) is 1. The topological polar surface area (TPSA) is 91.7 Å². The fourth-order valence-corrected chi connectivity index (χ4v) is 2.06. The number of hydrogen-bond acceptors (Lipinski definition) is 5. The van der Waals surface area contributed by atoms with Crippen molar-refractivity contribution in [3.8, 4) is 0 Å². The van der Waals surface area contributed by atoms with Gasteiger partial charge in [-0.05, 0) is 19.4 Å². The van der Waals surface area contributed by atoms with Gasteiger partial charge in [-0.1, -0.05) is 0 Å². The quantitative estimate of drug-likeness (QED) is 0.384. The van der Waals surface area contributed by atoms with Crippen LogP contribution in [0.1, 0.15) is 28.3 Å². The first-order chi connectivity index (χ1) is 8.10. The number of hydrogen-bond donors (Lipinski definition) is 3. The second kappa shape index (κ2) is 4.87. The van der Waals surface area contributed by atoms with Gasteiger partial charge >= 0.3 is 5.91 Å². The lowest BCUT2D eigenvalue weighted by Crippen LogP contribution is -2.29. The monoisotopic (exact) mass is 239 g/mol. The molecule has 1 atom stereocenters. The Labute approximate surface area is 99.3 Å². The van der Waals surface area contributed by atoms with Gasteiger partial charge in [0.15, 0.2) is 5.76 Å². The average Bonchev–Trinajstić information content (AvgIpc) is 2.86. The lowest BCUT2D eigenvalue weighted by atomic mass is 10.2. The molecule has 6 heteroatoms. The van der Waals surface area contributed by atoms with E-state index in [-0.39, 0.29) is 11.9 Å². The number of likely N-dealkylation sites (tertiary alicyclic amines) is 1. The molecule has 0 spiro atoms. The van der Waals surface area contributed by atoms with E-state index in [4.69, 9.17) is 10.3 Å². The molecule has 1 aliphatic rings. The molecule has 6 nitrogen and oxygen atoms in total. The smallest absolute Gasteiger partial charge is 0.300 e. The Hall–Kier alpha value is -1.37. The molecule has 0 saturated carbocycles. The molecule has 0 aliphatic carbocycles. The van der Waals surface area contributed by atoms with Crippen molar-refractivity contribution >= 4 is 5.91 Å². The van der Waals surface area contributed by atoms with Gasteiger partial charge in [-0.3, -0.25) is 15.1 Å². The Balaban J connectivity index is 2.06. The predicted octanol–water partition coefficient (Wildman–Crippen LogP) is -0.242. The molecule has 1 amide bonds. The second-order valence-corrected chi connectivity index (χ2v) is 4.34. The summed E-state index contributed by atoms with van der Waals surface area (Å²) in [5.74, 6) is 5.55. The van der Waals surface area contributed by atoms with E-state index >= 15 is 0 Å². The Bertz CT molecular complexity index is 416. The Kier molecular flexibility index (Phi) is 3.46. The van der Waals surface area contributed by atoms with Gasteiger partial charge in [0.1, 0.15) is 5.76 Å². The number of nitrogens with one attached hydrogen (secondary N) is 1. The molecule has 4 N–H and O–H groups in total. The van der Waals surface area contributed by atoms with Gasteiger partial charge in [0, 0.05) is 25.2 Å². The van der Waals surface area contributed by atoms with Gasteiger partial charge in [-0.2, -0.15) is 0 Å². The van der Waals surface area contributed by atoms with Crippen LogP contribution in [0.4, 0.5) is 0 Å². The minimum absolute atomic E-state index is 0.222. The van der Waals surface area contributed by atoms with E-state index in [2.05, 4.69) is 4.90 Å². The Morgan fingerprint density at radius 2 is 2.53 bits per heavy atom. The third-order valence-electron chi connectivity index (χ3n) is 3.02. The van der Waals surface area contributed by atoms with Crippen LogP contribution in [-0.2, 0) is 6.54 Å². The number of rotatable bonds is 3. The number of aryl methyl sites for hydroxylation is 1. The van der Waals surface area contributed by atoms with Crippen LogP contribution in [0.3, 0.4) is 0 Å². The molecule has 1 unspecified atom stereocenters. The zero-order valence-corrected chi connectivity index (χ0v) is 9.77. The number of nitrogens with zero attached hydrogens (tertiary/aromatic N) is 1. The van der Waals surface area contributed by atoms with Gasteiger partial charge in [-0.25, -0.2) is 5.84 Å². The minimum atomic E-state index is -0.430. The largest absolute Gasteiger partial charge is 0.456 e. The molecule has 1 saturated heterocycles. The first-order valence-electron chi connectivity index (χ1n) is 5.61. The number of carbonyl (C=O) groups is 1. The number of aliphatic hydroxyl groups excluding tert-OH is 1. The van der Waals surface area contributed by atoms with Crippen LogP contribution in [-0.4, -0.2) is 35.1 Å². The molecular formula is C11H17N3O3. The van der Waals surface area contributed by atoms with Crippen molar-refractivity contribution in [3.63, 3.8) is 0 Å². The van der Waals surface area contributed by atoms with Crippen LogP contribution in [0.15, 0.2) is 10.5 Å². The number of nitrogen functional groups attached to an aromatic ring is 1. The molecule has 0 aromatic carbocycles.